The molecule has 2 aromatic carbocycles. The highest BCUT2D eigenvalue weighted by Gasteiger charge is 2.30. The molecule has 1 fully saturated rings. The van der Waals surface area contributed by atoms with Crippen LogP contribution in [-0.2, 0) is 11.3 Å². The Hall–Kier alpha value is -3.78. The van der Waals surface area contributed by atoms with Crippen molar-refractivity contribution in [3.8, 4) is 11.1 Å². The second-order valence-corrected chi connectivity index (χ2v) is 10.7. The number of aromatic nitrogens is 1. The fourth-order valence-corrected chi connectivity index (χ4v) is 4.50. The maximum Gasteiger partial charge on any atom is 0.410 e. The maximum atomic E-state index is 13.5. The van der Waals surface area contributed by atoms with E-state index in [1.54, 1.807) is 47.3 Å². The molecular formula is C30H35FN4O3. The van der Waals surface area contributed by atoms with Gasteiger partial charge in [0.25, 0.3) is 5.91 Å². The van der Waals surface area contributed by atoms with E-state index in [0.717, 1.165) is 36.4 Å². The van der Waals surface area contributed by atoms with Crippen LogP contribution < -0.4 is 4.90 Å². The van der Waals surface area contributed by atoms with E-state index in [4.69, 9.17) is 4.74 Å². The Bertz CT molecular complexity index is 1270. The van der Waals surface area contributed by atoms with E-state index in [1.807, 2.05) is 52.0 Å². The Morgan fingerprint density at radius 3 is 2.39 bits per heavy atom. The molecule has 1 saturated heterocycles. The van der Waals surface area contributed by atoms with Crippen LogP contribution in [0.4, 0.5) is 14.9 Å². The first kappa shape index (κ1) is 27.3. The van der Waals surface area contributed by atoms with Crippen LogP contribution in [-0.4, -0.2) is 65.1 Å². The molecule has 1 atom stereocenters. The molecule has 2 heterocycles. The van der Waals surface area contributed by atoms with E-state index in [1.165, 1.54) is 12.1 Å². The first-order valence-corrected chi connectivity index (χ1v) is 12.8. The zero-order valence-electron chi connectivity index (χ0n) is 22.6. The molecule has 7 nitrogen and oxygen atoms in total. The minimum atomic E-state index is -0.507. The second-order valence-electron chi connectivity index (χ2n) is 10.7. The van der Waals surface area contributed by atoms with Gasteiger partial charge in [-0.1, -0.05) is 30.3 Å². The zero-order valence-corrected chi connectivity index (χ0v) is 22.6. The molecule has 8 heteroatoms. The number of hydrogen-bond acceptors (Lipinski definition) is 5. The zero-order chi connectivity index (χ0) is 27.4. The largest absolute Gasteiger partial charge is 0.444 e. The third-order valence-corrected chi connectivity index (χ3v) is 6.51. The Morgan fingerprint density at radius 1 is 1.05 bits per heavy atom. The lowest BCUT2D eigenvalue weighted by atomic mass is 10.1. The number of anilines is 1. The molecule has 0 N–H and O–H groups in total. The molecule has 38 heavy (non-hydrogen) atoms. The summed E-state index contributed by atoms with van der Waals surface area (Å²) in [4.78, 5) is 35.5. The minimum Gasteiger partial charge on any atom is -0.444 e. The summed E-state index contributed by atoms with van der Waals surface area (Å²) in [5.74, 6) is -0.543. The van der Waals surface area contributed by atoms with Crippen LogP contribution in [0.3, 0.4) is 0 Å². The van der Waals surface area contributed by atoms with Crippen molar-refractivity contribution in [2.24, 2.45) is 0 Å². The van der Waals surface area contributed by atoms with E-state index in [9.17, 15) is 14.0 Å². The third-order valence-electron chi connectivity index (χ3n) is 6.51. The van der Waals surface area contributed by atoms with Crippen molar-refractivity contribution in [1.82, 2.24) is 14.8 Å². The van der Waals surface area contributed by atoms with Gasteiger partial charge in [0.15, 0.2) is 0 Å². The molecule has 4 rings (SSSR count). The number of benzene rings is 2. The number of rotatable bonds is 5. The Labute approximate surface area is 223 Å². The number of halogens is 1. The molecule has 1 aromatic heterocycles. The molecule has 3 aromatic rings. The lowest BCUT2D eigenvalue weighted by Gasteiger charge is -2.40. The lowest BCUT2D eigenvalue weighted by molar-refractivity contribution is 0.000551. The predicted octanol–water partition coefficient (Wildman–Crippen LogP) is 5.61. The van der Waals surface area contributed by atoms with E-state index >= 15 is 0 Å². The molecule has 1 aliphatic rings. The molecule has 0 saturated carbocycles. The Balaban J connectivity index is 1.33. The average Bonchev–Trinajstić information content (AvgIpc) is 2.87. The quantitative estimate of drug-likeness (QED) is 0.440. The summed E-state index contributed by atoms with van der Waals surface area (Å²) < 4.78 is 19.1. The van der Waals surface area contributed by atoms with E-state index in [0.29, 0.717) is 17.8 Å². The highest BCUT2D eigenvalue weighted by atomic mass is 19.1. The van der Waals surface area contributed by atoms with Crippen molar-refractivity contribution in [2.45, 2.75) is 45.9 Å². The van der Waals surface area contributed by atoms with Gasteiger partial charge in [0.1, 0.15) is 17.1 Å². The number of pyridine rings is 1. The SMILES string of the molecule is C[C@H]1CN(Cc2ccc(N(C)C(=O)c3ccc(-c4cccc(F)c4)cn3)cc2)CCN1C(=O)OC(C)(C)C. The van der Waals surface area contributed by atoms with Crippen LogP contribution >= 0.6 is 0 Å². The van der Waals surface area contributed by atoms with Gasteiger partial charge in [-0.3, -0.25) is 14.7 Å². The maximum absolute atomic E-state index is 13.5. The second kappa shape index (κ2) is 11.3. The smallest absolute Gasteiger partial charge is 0.410 e. The van der Waals surface area contributed by atoms with Crippen LogP contribution in [0.5, 0.6) is 0 Å². The predicted molar refractivity (Wildman–Crippen MR) is 146 cm³/mol. The van der Waals surface area contributed by atoms with Gasteiger partial charge in [-0.25, -0.2) is 9.18 Å². The van der Waals surface area contributed by atoms with Gasteiger partial charge in [-0.15, -0.1) is 0 Å². The number of hydrogen-bond donors (Lipinski definition) is 0. The molecule has 2 amide bonds. The van der Waals surface area contributed by atoms with Gasteiger partial charge >= 0.3 is 6.09 Å². The highest BCUT2D eigenvalue weighted by molar-refractivity contribution is 6.04. The first-order valence-electron chi connectivity index (χ1n) is 12.8. The molecule has 0 bridgehead atoms. The van der Waals surface area contributed by atoms with Gasteiger partial charge in [-0.05, 0) is 69.2 Å². The van der Waals surface area contributed by atoms with Gasteiger partial charge in [0, 0.05) is 56.7 Å². The van der Waals surface area contributed by atoms with Gasteiger partial charge in [0.05, 0.1) is 0 Å². The van der Waals surface area contributed by atoms with Crippen LogP contribution in [0.25, 0.3) is 11.1 Å². The van der Waals surface area contributed by atoms with E-state index < -0.39 is 5.60 Å². The standard InChI is InChI=1S/C30H35FN4O3/c1-21-19-34(15-16-35(21)29(37)38-30(2,3)4)20-22-9-12-26(13-10-22)33(5)28(36)27-14-11-24(18-32-27)23-7-6-8-25(31)17-23/h6-14,17-18,21H,15-16,19-20H2,1-5H3/t21-/m0/s1. The van der Waals surface area contributed by atoms with Gasteiger partial charge < -0.3 is 14.5 Å². The van der Waals surface area contributed by atoms with Crippen molar-refractivity contribution in [3.63, 3.8) is 0 Å². The van der Waals surface area contributed by atoms with Gasteiger partial charge in [-0.2, -0.15) is 0 Å². The molecular weight excluding hydrogens is 483 g/mol. The topological polar surface area (TPSA) is 66.0 Å². The summed E-state index contributed by atoms with van der Waals surface area (Å²) in [5, 5.41) is 0. The highest BCUT2D eigenvalue weighted by Crippen LogP contribution is 2.22. The lowest BCUT2D eigenvalue weighted by Crippen LogP contribution is -2.54. The van der Waals surface area contributed by atoms with Crippen molar-refractivity contribution in [1.29, 1.82) is 0 Å². The Morgan fingerprint density at radius 2 is 1.79 bits per heavy atom. The van der Waals surface area contributed by atoms with Crippen LogP contribution in [0, 0.1) is 5.82 Å². The van der Waals surface area contributed by atoms with Crippen molar-refractivity contribution < 1.29 is 18.7 Å². The fraction of sp³-hybridized carbons (Fsp3) is 0.367. The number of piperazine rings is 1. The molecule has 0 aliphatic carbocycles. The molecule has 0 unspecified atom stereocenters. The normalized spacial score (nSPS) is 16.3. The molecule has 0 spiro atoms. The number of ether oxygens (including phenoxy) is 1. The Kier molecular flexibility index (Phi) is 8.11. The van der Waals surface area contributed by atoms with Crippen molar-refractivity contribution >= 4 is 17.7 Å². The summed E-state index contributed by atoms with van der Waals surface area (Å²) in [6, 6.07) is 17.7. The van der Waals surface area contributed by atoms with E-state index in [-0.39, 0.29) is 23.9 Å². The first-order chi connectivity index (χ1) is 18.0. The summed E-state index contributed by atoms with van der Waals surface area (Å²) in [6.07, 6.45) is 1.32. The minimum absolute atomic E-state index is 0.0569. The monoisotopic (exact) mass is 518 g/mol. The molecule has 200 valence electrons. The molecule has 0 radical (unpaired) electrons. The number of nitrogens with zero attached hydrogens (tertiary/aromatic N) is 4. The van der Waals surface area contributed by atoms with Crippen LogP contribution in [0.1, 0.15) is 43.7 Å². The fourth-order valence-electron chi connectivity index (χ4n) is 4.50. The molecule has 1 aliphatic heterocycles. The number of carbonyl (C=O) groups is 2. The van der Waals surface area contributed by atoms with Crippen molar-refractivity contribution in [2.75, 3.05) is 31.6 Å². The summed E-state index contributed by atoms with van der Waals surface area (Å²) in [6.45, 7) is 10.6. The average molecular weight is 519 g/mol. The van der Waals surface area contributed by atoms with Crippen LogP contribution in [0.15, 0.2) is 66.9 Å². The van der Waals surface area contributed by atoms with Crippen molar-refractivity contribution in [3.05, 3.63) is 83.9 Å². The van der Waals surface area contributed by atoms with E-state index in [2.05, 4.69) is 9.88 Å². The third kappa shape index (κ3) is 6.75. The summed E-state index contributed by atoms with van der Waals surface area (Å²) in [5.41, 5.74) is 3.15. The van der Waals surface area contributed by atoms with Crippen LogP contribution in [0.2, 0.25) is 0 Å². The number of amides is 2. The van der Waals surface area contributed by atoms with Gasteiger partial charge in [0.2, 0.25) is 0 Å². The summed E-state index contributed by atoms with van der Waals surface area (Å²) >= 11 is 0. The summed E-state index contributed by atoms with van der Waals surface area (Å²) in [7, 11) is 1.72. The number of carbonyl (C=O) groups excluding carboxylic acids is 2.